The van der Waals surface area contributed by atoms with Crippen LogP contribution in [-0.4, -0.2) is 110 Å². The monoisotopic (exact) mass is 572 g/mol. The van der Waals surface area contributed by atoms with Gasteiger partial charge in [0.25, 0.3) is 0 Å². The molecule has 0 spiro atoms. The Balaban J connectivity index is 0.000000976. The Morgan fingerprint density at radius 3 is 1.72 bits per heavy atom. The van der Waals surface area contributed by atoms with Gasteiger partial charge in [0.05, 0.1) is 43.8 Å². The van der Waals surface area contributed by atoms with Crippen molar-refractivity contribution >= 4 is 38.8 Å². The molecule has 1 aliphatic rings. The SMILES string of the molecule is Nc1cc(N(CCO)CCO)ccc1C1CNCCN1c1ccc(N(CCO)CCO)cc1N.O=S(=O)(O)O. The number of hydrogen-bond donors (Lipinski definition) is 9. The maximum atomic E-state index is 9.34. The molecule has 14 nitrogen and oxygen atoms in total. The molecule has 220 valence electrons. The molecular weight excluding hydrogens is 532 g/mol. The highest BCUT2D eigenvalue weighted by Gasteiger charge is 2.27. The third kappa shape index (κ3) is 9.98. The second-order valence-electron chi connectivity index (χ2n) is 8.79. The molecule has 39 heavy (non-hydrogen) atoms. The minimum atomic E-state index is -4.67. The first kappa shape index (κ1) is 32.3. The molecule has 1 atom stereocenters. The lowest BCUT2D eigenvalue weighted by Gasteiger charge is -2.40. The highest BCUT2D eigenvalue weighted by atomic mass is 32.3. The zero-order valence-electron chi connectivity index (χ0n) is 21.7. The number of anilines is 5. The fraction of sp³-hybridized carbons (Fsp3) is 0.500. The van der Waals surface area contributed by atoms with E-state index in [0.29, 0.717) is 44.1 Å². The van der Waals surface area contributed by atoms with Gasteiger partial charge in [-0.15, -0.1) is 0 Å². The summed E-state index contributed by atoms with van der Waals surface area (Å²) in [5.74, 6) is 0. The second kappa shape index (κ2) is 15.6. The van der Waals surface area contributed by atoms with Crippen LogP contribution in [0.4, 0.5) is 28.4 Å². The molecule has 1 fully saturated rings. The normalized spacial score (nSPS) is 15.4. The van der Waals surface area contributed by atoms with Crippen molar-refractivity contribution < 1.29 is 37.9 Å². The first-order chi connectivity index (χ1) is 18.5. The maximum Gasteiger partial charge on any atom is 0.394 e. The predicted molar refractivity (Wildman–Crippen MR) is 152 cm³/mol. The van der Waals surface area contributed by atoms with Crippen LogP contribution in [0.2, 0.25) is 0 Å². The van der Waals surface area contributed by atoms with Crippen LogP contribution in [-0.2, 0) is 10.4 Å². The third-order valence-electron chi connectivity index (χ3n) is 6.20. The number of aliphatic hydroxyl groups excluding tert-OH is 4. The molecular formula is C24H40N6O8S. The molecule has 11 N–H and O–H groups in total. The summed E-state index contributed by atoms with van der Waals surface area (Å²) in [5, 5.41) is 40.8. The van der Waals surface area contributed by atoms with Crippen LogP contribution in [0.15, 0.2) is 36.4 Å². The largest absolute Gasteiger partial charge is 0.398 e. The van der Waals surface area contributed by atoms with Crippen molar-refractivity contribution in [3.05, 3.63) is 42.0 Å². The van der Waals surface area contributed by atoms with Gasteiger partial charge in [0.2, 0.25) is 0 Å². The highest BCUT2D eigenvalue weighted by molar-refractivity contribution is 7.79. The summed E-state index contributed by atoms with van der Waals surface area (Å²) in [6.07, 6.45) is 0. The van der Waals surface area contributed by atoms with Crippen LogP contribution < -0.4 is 31.5 Å². The van der Waals surface area contributed by atoms with E-state index in [1.165, 1.54) is 0 Å². The second-order valence-corrected chi connectivity index (χ2v) is 9.68. The van der Waals surface area contributed by atoms with Crippen molar-refractivity contribution in [3.63, 3.8) is 0 Å². The number of rotatable bonds is 12. The topological polar surface area (TPSA) is 229 Å². The van der Waals surface area contributed by atoms with E-state index in [0.717, 1.165) is 35.7 Å². The van der Waals surface area contributed by atoms with E-state index in [1.807, 2.05) is 46.2 Å². The molecule has 0 aromatic heterocycles. The van der Waals surface area contributed by atoms with Crippen LogP contribution in [0.5, 0.6) is 0 Å². The number of nitrogens with one attached hydrogen (secondary N) is 1. The van der Waals surface area contributed by atoms with Crippen molar-refractivity contribution in [2.24, 2.45) is 0 Å². The van der Waals surface area contributed by atoms with E-state index in [2.05, 4.69) is 10.2 Å². The summed E-state index contributed by atoms with van der Waals surface area (Å²) < 4.78 is 31.6. The smallest absolute Gasteiger partial charge is 0.394 e. The summed E-state index contributed by atoms with van der Waals surface area (Å²) in [6, 6.07) is 11.7. The van der Waals surface area contributed by atoms with Crippen LogP contribution >= 0.6 is 0 Å². The van der Waals surface area contributed by atoms with Gasteiger partial charge >= 0.3 is 10.4 Å². The standard InChI is InChI=1S/C24H38N6O4.H2O4S/c25-21-15-18(28(7-11-31)8-12-32)1-3-20(21)24-17-27-5-6-30(24)23-4-2-19(16-22(23)26)29(9-13-33)10-14-34;1-5(2,3)4/h1-4,15-16,24,27,31-34H,5-14,17,25-26H2;(H2,1,2,3,4). The molecule has 0 aliphatic carbocycles. The van der Waals surface area contributed by atoms with Crippen molar-refractivity contribution in [2.75, 3.05) is 98.4 Å². The minimum Gasteiger partial charge on any atom is -0.398 e. The van der Waals surface area contributed by atoms with Crippen LogP contribution in [0.3, 0.4) is 0 Å². The Hall–Kier alpha value is -2.89. The number of nitrogen functional groups attached to an aromatic ring is 2. The van der Waals surface area contributed by atoms with Gasteiger partial charge in [-0.1, -0.05) is 6.07 Å². The number of hydrogen-bond acceptors (Lipinski definition) is 12. The lowest BCUT2D eigenvalue weighted by Crippen LogP contribution is -2.46. The molecule has 3 rings (SSSR count). The van der Waals surface area contributed by atoms with Crippen LogP contribution in [0.25, 0.3) is 0 Å². The molecule has 0 radical (unpaired) electrons. The van der Waals surface area contributed by atoms with Gasteiger partial charge in [0, 0.05) is 62.9 Å². The predicted octanol–water partition coefficient (Wildman–Crippen LogP) is -1.07. The minimum absolute atomic E-state index is 0.00864. The number of nitrogens with two attached hydrogens (primary N) is 2. The molecule has 0 saturated carbocycles. The molecule has 1 unspecified atom stereocenters. The maximum absolute atomic E-state index is 9.34. The Kier molecular flexibility index (Phi) is 13.0. The zero-order chi connectivity index (χ0) is 29.0. The Morgan fingerprint density at radius 1 is 0.821 bits per heavy atom. The van der Waals surface area contributed by atoms with E-state index in [9.17, 15) is 20.4 Å². The molecule has 15 heteroatoms. The molecule has 1 heterocycles. The average molecular weight is 573 g/mol. The van der Waals surface area contributed by atoms with E-state index in [-0.39, 0.29) is 32.5 Å². The van der Waals surface area contributed by atoms with Crippen molar-refractivity contribution in [3.8, 4) is 0 Å². The van der Waals surface area contributed by atoms with Gasteiger partial charge in [-0.05, 0) is 35.9 Å². The summed E-state index contributed by atoms with van der Waals surface area (Å²) in [4.78, 5) is 6.05. The van der Waals surface area contributed by atoms with E-state index in [1.54, 1.807) is 0 Å². The first-order valence-corrected chi connectivity index (χ1v) is 13.8. The lowest BCUT2D eigenvalue weighted by atomic mass is 9.99. The average Bonchev–Trinajstić information content (AvgIpc) is 2.87. The fourth-order valence-electron chi connectivity index (χ4n) is 4.56. The number of nitrogens with zero attached hydrogens (tertiary/aromatic N) is 3. The van der Waals surface area contributed by atoms with Crippen molar-refractivity contribution in [1.82, 2.24) is 5.32 Å². The molecule has 2 aromatic rings. The summed E-state index contributed by atoms with van der Waals surface area (Å²) in [5.41, 5.74) is 17.9. The van der Waals surface area contributed by atoms with E-state index >= 15 is 0 Å². The summed E-state index contributed by atoms with van der Waals surface area (Å²) in [6.45, 7) is 3.93. The molecule has 0 bridgehead atoms. The number of aliphatic hydroxyl groups is 4. The number of piperazine rings is 1. The zero-order valence-corrected chi connectivity index (χ0v) is 22.5. The quantitative estimate of drug-likeness (QED) is 0.109. The molecule has 0 amide bonds. The lowest BCUT2D eigenvalue weighted by molar-refractivity contribution is 0.280. The molecule has 1 saturated heterocycles. The Labute approximate surface area is 228 Å². The summed E-state index contributed by atoms with van der Waals surface area (Å²) in [7, 11) is -4.67. The van der Waals surface area contributed by atoms with Gasteiger partial charge in [0.15, 0.2) is 0 Å². The van der Waals surface area contributed by atoms with Gasteiger partial charge in [-0.3, -0.25) is 9.11 Å². The van der Waals surface area contributed by atoms with Gasteiger partial charge < -0.3 is 51.9 Å². The van der Waals surface area contributed by atoms with Gasteiger partial charge in [-0.2, -0.15) is 8.42 Å². The van der Waals surface area contributed by atoms with Crippen LogP contribution in [0, 0.1) is 0 Å². The third-order valence-corrected chi connectivity index (χ3v) is 6.20. The van der Waals surface area contributed by atoms with E-state index in [4.69, 9.17) is 29.0 Å². The Morgan fingerprint density at radius 2 is 1.28 bits per heavy atom. The van der Waals surface area contributed by atoms with Gasteiger partial charge in [-0.25, -0.2) is 0 Å². The molecule has 1 aliphatic heterocycles. The fourth-order valence-corrected chi connectivity index (χ4v) is 4.56. The van der Waals surface area contributed by atoms with Crippen molar-refractivity contribution in [1.29, 1.82) is 0 Å². The van der Waals surface area contributed by atoms with Crippen molar-refractivity contribution in [2.45, 2.75) is 6.04 Å². The van der Waals surface area contributed by atoms with Crippen LogP contribution in [0.1, 0.15) is 11.6 Å². The summed E-state index contributed by atoms with van der Waals surface area (Å²) >= 11 is 0. The Bertz CT molecular complexity index is 1050. The van der Waals surface area contributed by atoms with Gasteiger partial charge in [0.1, 0.15) is 0 Å². The number of benzene rings is 2. The molecule has 2 aromatic carbocycles. The highest BCUT2D eigenvalue weighted by Crippen LogP contribution is 2.37. The van der Waals surface area contributed by atoms with E-state index < -0.39 is 10.4 Å². The first-order valence-electron chi connectivity index (χ1n) is 12.4.